The van der Waals surface area contributed by atoms with Crippen LogP contribution in [0.3, 0.4) is 0 Å². The number of benzene rings is 1. The van der Waals surface area contributed by atoms with Crippen LogP contribution in [0.4, 0.5) is 5.82 Å². The summed E-state index contributed by atoms with van der Waals surface area (Å²) in [6.45, 7) is 11.7. The van der Waals surface area contributed by atoms with Crippen molar-refractivity contribution < 1.29 is 12.9 Å². The summed E-state index contributed by atoms with van der Waals surface area (Å²) in [5.74, 6) is 0.221. The molecular weight excluding hydrogens is 300 g/mol. The first-order valence-electron chi connectivity index (χ1n) is 7.08. The Labute approximate surface area is 131 Å². The molecule has 0 amide bonds. The Kier molecular flexibility index (Phi) is 4.08. The van der Waals surface area contributed by atoms with Gasteiger partial charge in [0, 0.05) is 5.56 Å². The maximum Gasteiger partial charge on any atom is 0.263 e. The summed E-state index contributed by atoms with van der Waals surface area (Å²) in [4.78, 5) is 0.294. The predicted octanol–water partition coefficient (Wildman–Crippen LogP) is 3.70. The van der Waals surface area contributed by atoms with Crippen molar-refractivity contribution in [2.75, 3.05) is 4.72 Å². The van der Waals surface area contributed by atoms with Gasteiger partial charge in [0.05, 0.1) is 4.90 Å². The van der Waals surface area contributed by atoms with Crippen molar-refractivity contribution in [2.45, 2.75) is 51.9 Å². The maximum absolute atomic E-state index is 12.7. The predicted molar refractivity (Wildman–Crippen MR) is 86.7 cm³/mol. The highest BCUT2D eigenvalue weighted by Gasteiger charge is 2.24. The summed E-state index contributed by atoms with van der Waals surface area (Å²) < 4.78 is 32.6. The van der Waals surface area contributed by atoms with E-state index in [1.807, 2.05) is 26.0 Å². The molecule has 2 rings (SSSR count). The zero-order chi connectivity index (χ0) is 16.7. The first kappa shape index (κ1) is 16.5. The second-order valence-corrected chi connectivity index (χ2v) is 8.26. The first-order valence-corrected chi connectivity index (χ1v) is 8.56. The molecule has 1 aromatic heterocycles. The Balaban J connectivity index is 2.50. The normalized spacial score (nSPS) is 12.5. The number of rotatable bonds is 3. The fourth-order valence-electron chi connectivity index (χ4n) is 2.37. The minimum atomic E-state index is -3.70. The summed E-state index contributed by atoms with van der Waals surface area (Å²) in [6, 6.07) is 3.86. The molecule has 1 aromatic carbocycles. The van der Waals surface area contributed by atoms with E-state index in [1.54, 1.807) is 6.92 Å². The highest BCUT2D eigenvalue weighted by molar-refractivity contribution is 7.92. The van der Waals surface area contributed by atoms with Crippen LogP contribution in [0.2, 0.25) is 0 Å². The average Bonchev–Trinajstić information content (AvgIpc) is 2.71. The lowest BCUT2D eigenvalue weighted by Gasteiger charge is -2.22. The molecule has 2 aromatic rings. The lowest BCUT2D eigenvalue weighted by molar-refractivity contribution is 0.422. The van der Waals surface area contributed by atoms with Crippen LogP contribution >= 0.6 is 0 Å². The summed E-state index contributed by atoms with van der Waals surface area (Å²) in [7, 11) is -3.70. The van der Waals surface area contributed by atoms with Gasteiger partial charge in [-0.1, -0.05) is 38.1 Å². The molecule has 120 valence electrons. The molecule has 6 heteroatoms. The van der Waals surface area contributed by atoms with Crippen molar-refractivity contribution in [1.82, 2.24) is 5.16 Å². The van der Waals surface area contributed by atoms with Gasteiger partial charge in [-0.25, -0.2) is 8.42 Å². The summed E-state index contributed by atoms with van der Waals surface area (Å²) in [5.41, 5.74) is 3.16. The van der Waals surface area contributed by atoms with Gasteiger partial charge >= 0.3 is 0 Å². The summed E-state index contributed by atoms with van der Waals surface area (Å²) in [6.07, 6.45) is 1.40. The Morgan fingerprint density at radius 1 is 1.05 bits per heavy atom. The third-order valence-electron chi connectivity index (χ3n) is 3.57. The highest BCUT2D eigenvalue weighted by Crippen LogP contribution is 2.30. The molecule has 0 aliphatic rings. The summed E-state index contributed by atoms with van der Waals surface area (Å²) >= 11 is 0. The van der Waals surface area contributed by atoms with Crippen LogP contribution in [-0.4, -0.2) is 13.6 Å². The van der Waals surface area contributed by atoms with Crippen molar-refractivity contribution >= 4 is 15.8 Å². The molecular formula is C16H22N2O3S. The van der Waals surface area contributed by atoms with E-state index in [0.29, 0.717) is 10.5 Å². The van der Waals surface area contributed by atoms with Crippen molar-refractivity contribution in [3.05, 3.63) is 40.6 Å². The number of aromatic nitrogens is 1. The monoisotopic (exact) mass is 322 g/mol. The van der Waals surface area contributed by atoms with E-state index in [0.717, 1.165) is 16.7 Å². The molecule has 22 heavy (non-hydrogen) atoms. The third-order valence-corrected chi connectivity index (χ3v) is 5.22. The molecule has 0 fully saturated rings. The Morgan fingerprint density at radius 2 is 1.59 bits per heavy atom. The Bertz CT molecular complexity index is 776. The molecule has 0 unspecified atom stereocenters. The SMILES string of the molecule is Cc1conc1NS(=O)(=O)c1c(C)cc(C(C)(C)C)cc1C. The van der Waals surface area contributed by atoms with E-state index >= 15 is 0 Å². The second kappa shape index (κ2) is 5.43. The number of nitrogens with zero attached hydrogens (tertiary/aromatic N) is 1. The molecule has 0 saturated heterocycles. The molecule has 0 saturated carbocycles. The van der Waals surface area contributed by atoms with Crippen LogP contribution in [0.1, 0.15) is 43.0 Å². The van der Waals surface area contributed by atoms with Crippen LogP contribution < -0.4 is 4.72 Å². The average molecular weight is 322 g/mol. The maximum atomic E-state index is 12.7. The Morgan fingerprint density at radius 3 is 2.00 bits per heavy atom. The number of sulfonamides is 1. The fourth-order valence-corrected chi connectivity index (χ4v) is 3.89. The zero-order valence-electron chi connectivity index (χ0n) is 13.8. The van der Waals surface area contributed by atoms with Gasteiger partial charge in [0.15, 0.2) is 5.82 Å². The van der Waals surface area contributed by atoms with E-state index in [4.69, 9.17) is 4.52 Å². The largest absolute Gasteiger partial charge is 0.362 e. The van der Waals surface area contributed by atoms with E-state index in [9.17, 15) is 8.42 Å². The van der Waals surface area contributed by atoms with Gasteiger partial charge in [-0.3, -0.25) is 4.72 Å². The molecule has 1 heterocycles. The van der Waals surface area contributed by atoms with Crippen LogP contribution in [0.5, 0.6) is 0 Å². The second-order valence-electron chi connectivity index (χ2n) is 6.64. The van der Waals surface area contributed by atoms with E-state index in [1.165, 1.54) is 6.26 Å². The van der Waals surface area contributed by atoms with Crippen molar-refractivity contribution in [3.63, 3.8) is 0 Å². The van der Waals surface area contributed by atoms with E-state index in [-0.39, 0.29) is 11.2 Å². The molecule has 5 nitrogen and oxygen atoms in total. The topological polar surface area (TPSA) is 72.2 Å². The molecule has 0 atom stereocenters. The van der Waals surface area contributed by atoms with Crippen molar-refractivity contribution in [2.24, 2.45) is 0 Å². The molecule has 0 radical (unpaired) electrons. The molecule has 0 aliphatic heterocycles. The third kappa shape index (κ3) is 3.16. The fraction of sp³-hybridized carbons (Fsp3) is 0.438. The van der Waals surface area contributed by atoms with Gasteiger partial charge < -0.3 is 4.52 Å². The number of aryl methyl sites for hydroxylation is 3. The molecule has 0 bridgehead atoms. The summed E-state index contributed by atoms with van der Waals surface area (Å²) in [5, 5.41) is 3.68. The van der Waals surface area contributed by atoms with Crippen molar-refractivity contribution in [3.8, 4) is 0 Å². The number of nitrogens with one attached hydrogen (secondary N) is 1. The van der Waals surface area contributed by atoms with E-state index < -0.39 is 10.0 Å². The lowest BCUT2D eigenvalue weighted by atomic mass is 9.85. The van der Waals surface area contributed by atoms with Crippen molar-refractivity contribution in [1.29, 1.82) is 0 Å². The van der Waals surface area contributed by atoms with Crippen LogP contribution in [-0.2, 0) is 15.4 Å². The highest BCUT2D eigenvalue weighted by atomic mass is 32.2. The van der Waals surface area contributed by atoms with Crippen LogP contribution in [0.25, 0.3) is 0 Å². The number of hydrogen-bond donors (Lipinski definition) is 1. The van der Waals surface area contributed by atoms with Gasteiger partial charge in [0.2, 0.25) is 0 Å². The Hall–Kier alpha value is -1.82. The van der Waals surface area contributed by atoms with Crippen LogP contribution in [0.15, 0.2) is 27.8 Å². The molecule has 0 aliphatic carbocycles. The zero-order valence-corrected chi connectivity index (χ0v) is 14.6. The number of hydrogen-bond acceptors (Lipinski definition) is 4. The van der Waals surface area contributed by atoms with Gasteiger partial charge in [0.25, 0.3) is 10.0 Å². The standard InChI is InChI=1S/C16H22N2O3S/c1-10-7-13(16(4,5)6)8-11(2)14(10)22(19,20)18-15-12(3)9-21-17-15/h7-9H,1-6H3,(H,17,18). The molecule has 1 N–H and O–H groups in total. The van der Waals surface area contributed by atoms with Crippen LogP contribution in [0, 0.1) is 20.8 Å². The van der Waals surface area contributed by atoms with Gasteiger partial charge in [-0.15, -0.1) is 0 Å². The first-order chi connectivity index (χ1) is 10.0. The van der Waals surface area contributed by atoms with Gasteiger partial charge in [-0.2, -0.15) is 0 Å². The van der Waals surface area contributed by atoms with Gasteiger partial charge in [0.1, 0.15) is 6.26 Å². The minimum Gasteiger partial charge on any atom is -0.362 e. The number of anilines is 1. The quantitative estimate of drug-likeness (QED) is 0.935. The van der Waals surface area contributed by atoms with Gasteiger partial charge in [-0.05, 0) is 42.9 Å². The lowest BCUT2D eigenvalue weighted by Crippen LogP contribution is -2.18. The minimum absolute atomic E-state index is 0.0338. The van der Waals surface area contributed by atoms with E-state index in [2.05, 4.69) is 30.6 Å². The molecule has 0 spiro atoms. The smallest absolute Gasteiger partial charge is 0.263 e.